The summed E-state index contributed by atoms with van der Waals surface area (Å²) in [6.45, 7) is 8.61. The van der Waals surface area contributed by atoms with Crippen molar-refractivity contribution in [1.29, 1.82) is 0 Å². The zero-order chi connectivity index (χ0) is 22.6. The standard InChI is InChI=1S/C25H35N5O2/c1-25(2,3)32-24(31)30-17-15-29(16-18-30)21-11-9-19(10-12-21)22-13-14-26-23(28-22)27-20-7-5-4-6-8-20/h9-14,20H,4-8,15-18H2,1-3H3,(H,26,27,28). The highest BCUT2D eigenvalue weighted by molar-refractivity contribution is 5.69. The quantitative estimate of drug-likeness (QED) is 0.730. The van der Waals surface area contributed by atoms with E-state index >= 15 is 0 Å². The van der Waals surface area contributed by atoms with Crippen LogP contribution in [0, 0.1) is 0 Å². The first-order chi connectivity index (χ1) is 15.4. The summed E-state index contributed by atoms with van der Waals surface area (Å²) in [5, 5.41) is 3.51. The zero-order valence-electron chi connectivity index (χ0n) is 19.5. The number of hydrogen-bond acceptors (Lipinski definition) is 6. The molecule has 1 amide bonds. The number of carbonyl (C=O) groups excluding carboxylic acids is 1. The maximum Gasteiger partial charge on any atom is 0.410 e. The molecule has 4 rings (SSSR count). The number of carbonyl (C=O) groups is 1. The molecule has 2 fully saturated rings. The van der Waals surface area contributed by atoms with Crippen LogP contribution in [0.5, 0.6) is 0 Å². The van der Waals surface area contributed by atoms with Crippen molar-refractivity contribution in [3.05, 3.63) is 36.5 Å². The number of anilines is 2. The van der Waals surface area contributed by atoms with E-state index in [1.165, 1.54) is 32.1 Å². The molecule has 1 aromatic carbocycles. The van der Waals surface area contributed by atoms with Crippen molar-refractivity contribution in [2.45, 2.75) is 64.5 Å². The maximum absolute atomic E-state index is 12.3. The van der Waals surface area contributed by atoms with Crippen molar-refractivity contribution in [3.8, 4) is 11.3 Å². The molecule has 1 N–H and O–H groups in total. The van der Waals surface area contributed by atoms with E-state index in [4.69, 9.17) is 9.72 Å². The van der Waals surface area contributed by atoms with Gasteiger partial charge in [0, 0.05) is 49.7 Å². The SMILES string of the molecule is CC(C)(C)OC(=O)N1CCN(c2ccc(-c3ccnc(NC4CCCCC4)n3)cc2)CC1. The molecule has 7 heteroatoms. The van der Waals surface area contributed by atoms with Crippen molar-refractivity contribution >= 4 is 17.7 Å². The Morgan fingerprint density at radius 2 is 1.69 bits per heavy atom. The van der Waals surface area contributed by atoms with E-state index in [2.05, 4.69) is 39.5 Å². The van der Waals surface area contributed by atoms with Crippen LogP contribution in [0.1, 0.15) is 52.9 Å². The van der Waals surface area contributed by atoms with Gasteiger partial charge in [-0.3, -0.25) is 0 Å². The summed E-state index contributed by atoms with van der Waals surface area (Å²) in [4.78, 5) is 25.5. The highest BCUT2D eigenvalue weighted by atomic mass is 16.6. The highest BCUT2D eigenvalue weighted by Gasteiger charge is 2.26. The van der Waals surface area contributed by atoms with E-state index in [0.717, 1.165) is 36.0 Å². The lowest BCUT2D eigenvalue weighted by atomic mass is 9.96. The molecule has 0 spiro atoms. The number of ether oxygens (including phenoxy) is 1. The molecule has 1 aliphatic heterocycles. The average Bonchev–Trinajstić information content (AvgIpc) is 2.79. The second kappa shape index (κ2) is 9.76. The Labute approximate surface area is 191 Å². The molecule has 1 aromatic heterocycles. The van der Waals surface area contributed by atoms with Gasteiger partial charge in [-0.1, -0.05) is 31.4 Å². The minimum atomic E-state index is -0.461. The molecule has 1 saturated carbocycles. The molecular weight excluding hydrogens is 402 g/mol. The summed E-state index contributed by atoms with van der Waals surface area (Å²) < 4.78 is 5.49. The fourth-order valence-electron chi connectivity index (χ4n) is 4.34. The molecular formula is C25H35N5O2. The van der Waals surface area contributed by atoms with E-state index < -0.39 is 5.60 Å². The van der Waals surface area contributed by atoms with Crippen LogP contribution in [0.4, 0.5) is 16.4 Å². The second-order valence-electron chi connectivity index (χ2n) is 9.75. The van der Waals surface area contributed by atoms with Crippen molar-refractivity contribution < 1.29 is 9.53 Å². The van der Waals surface area contributed by atoms with Crippen LogP contribution in [0.25, 0.3) is 11.3 Å². The molecule has 2 heterocycles. The van der Waals surface area contributed by atoms with Gasteiger partial charge < -0.3 is 19.9 Å². The average molecular weight is 438 g/mol. The molecule has 0 unspecified atom stereocenters. The predicted molar refractivity (Wildman–Crippen MR) is 128 cm³/mol. The van der Waals surface area contributed by atoms with Crippen LogP contribution in [0.15, 0.2) is 36.5 Å². The lowest BCUT2D eigenvalue weighted by Gasteiger charge is -2.36. The van der Waals surface area contributed by atoms with Crippen LogP contribution < -0.4 is 10.2 Å². The lowest BCUT2D eigenvalue weighted by Crippen LogP contribution is -2.50. The van der Waals surface area contributed by atoms with E-state index in [9.17, 15) is 4.79 Å². The second-order valence-corrected chi connectivity index (χ2v) is 9.75. The number of nitrogens with one attached hydrogen (secondary N) is 1. The van der Waals surface area contributed by atoms with Gasteiger partial charge in [0.1, 0.15) is 5.60 Å². The first-order valence-corrected chi connectivity index (χ1v) is 11.8. The molecule has 1 saturated heterocycles. The van der Waals surface area contributed by atoms with Crippen LogP contribution in [-0.2, 0) is 4.74 Å². The third-order valence-corrected chi connectivity index (χ3v) is 6.05. The Morgan fingerprint density at radius 1 is 1.00 bits per heavy atom. The van der Waals surface area contributed by atoms with Crippen molar-refractivity contribution in [2.24, 2.45) is 0 Å². The Kier molecular flexibility index (Phi) is 6.82. The van der Waals surface area contributed by atoms with Gasteiger partial charge in [0.05, 0.1) is 5.69 Å². The molecule has 1 aliphatic carbocycles. The van der Waals surface area contributed by atoms with Crippen LogP contribution in [0.3, 0.4) is 0 Å². The number of nitrogens with zero attached hydrogens (tertiary/aromatic N) is 4. The number of amides is 1. The first kappa shape index (κ1) is 22.4. The number of piperazine rings is 1. The van der Waals surface area contributed by atoms with Crippen molar-refractivity contribution in [3.63, 3.8) is 0 Å². The molecule has 32 heavy (non-hydrogen) atoms. The van der Waals surface area contributed by atoms with Gasteiger partial charge in [-0.25, -0.2) is 14.8 Å². The van der Waals surface area contributed by atoms with E-state index in [1.54, 1.807) is 4.90 Å². The molecule has 2 aromatic rings. The summed E-state index contributed by atoms with van der Waals surface area (Å²) in [6, 6.07) is 10.9. The van der Waals surface area contributed by atoms with E-state index in [-0.39, 0.29) is 6.09 Å². The van der Waals surface area contributed by atoms with E-state index in [1.807, 2.05) is 33.0 Å². The third-order valence-electron chi connectivity index (χ3n) is 6.05. The minimum absolute atomic E-state index is 0.228. The summed E-state index contributed by atoms with van der Waals surface area (Å²) >= 11 is 0. The van der Waals surface area contributed by atoms with Gasteiger partial charge in [0.15, 0.2) is 0 Å². The van der Waals surface area contributed by atoms with Gasteiger partial charge in [-0.2, -0.15) is 0 Å². The van der Waals surface area contributed by atoms with Gasteiger partial charge in [-0.05, 0) is 51.8 Å². The molecule has 7 nitrogen and oxygen atoms in total. The number of benzene rings is 1. The smallest absolute Gasteiger partial charge is 0.410 e. The predicted octanol–water partition coefficient (Wildman–Crippen LogP) is 4.95. The van der Waals surface area contributed by atoms with Crippen LogP contribution in [-0.4, -0.2) is 58.8 Å². The normalized spacial score (nSPS) is 17.8. The minimum Gasteiger partial charge on any atom is -0.444 e. The van der Waals surface area contributed by atoms with E-state index in [0.29, 0.717) is 19.1 Å². The van der Waals surface area contributed by atoms with Gasteiger partial charge in [-0.15, -0.1) is 0 Å². The molecule has 2 aliphatic rings. The van der Waals surface area contributed by atoms with Crippen molar-refractivity contribution in [1.82, 2.24) is 14.9 Å². The summed E-state index contributed by atoms with van der Waals surface area (Å²) in [7, 11) is 0. The zero-order valence-corrected chi connectivity index (χ0v) is 19.5. The topological polar surface area (TPSA) is 70.6 Å². The number of hydrogen-bond donors (Lipinski definition) is 1. The summed E-state index contributed by atoms with van der Waals surface area (Å²) in [6.07, 6.45) is 7.90. The number of rotatable bonds is 4. The fourth-order valence-corrected chi connectivity index (χ4v) is 4.34. The van der Waals surface area contributed by atoms with Gasteiger partial charge in [0.25, 0.3) is 0 Å². The highest BCUT2D eigenvalue weighted by Crippen LogP contribution is 2.25. The lowest BCUT2D eigenvalue weighted by molar-refractivity contribution is 0.0240. The fraction of sp³-hybridized carbons (Fsp3) is 0.560. The Balaban J connectivity index is 1.35. The largest absolute Gasteiger partial charge is 0.444 e. The monoisotopic (exact) mass is 437 g/mol. The Hall–Kier alpha value is -2.83. The third kappa shape index (κ3) is 5.90. The summed E-state index contributed by atoms with van der Waals surface area (Å²) in [5.41, 5.74) is 2.71. The van der Waals surface area contributed by atoms with Crippen LogP contribution in [0.2, 0.25) is 0 Å². The Morgan fingerprint density at radius 3 is 2.34 bits per heavy atom. The first-order valence-electron chi connectivity index (χ1n) is 11.8. The molecule has 0 bridgehead atoms. The van der Waals surface area contributed by atoms with Crippen molar-refractivity contribution in [2.75, 3.05) is 36.4 Å². The number of aromatic nitrogens is 2. The van der Waals surface area contributed by atoms with Crippen LogP contribution >= 0.6 is 0 Å². The summed E-state index contributed by atoms with van der Waals surface area (Å²) in [5.74, 6) is 0.719. The Bertz CT molecular complexity index is 895. The van der Waals surface area contributed by atoms with Gasteiger partial charge >= 0.3 is 6.09 Å². The molecule has 172 valence electrons. The molecule has 0 atom stereocenters. The maximum atomic E-state index is 12.3. The van der Waals surface area contributed by atoms with Gasteiger partial charge in [0.2, 0.25) is 5.95 Å². The molecule has 0 radical (unpaired) electrons.